The number of benzene rings is 1. The zero-order valence-corrected chi connectivity index (χ0v) is 9.91. The molecule has 1 unspecified atom stereocenters. The molecule has 2 rings (SSSR count). The van der Waals surface area contributed by atoms with Crippen LogP contribution in [-0.2, 0) is 4.74 Å². The van der Waals surface area contributed by atoms with E-state index in [9.17, 15) is 9.90 Å². The molecule has 1 aromatic heterocycles. The van der Waals surface area contributed by atoms with Gasteiger partial charge in [0.2, 0.25) is 0 Å². The molecule has 0 bridgehead atoms. The van der Waals surface area contributed by atoms with Gasteiger partial charge in [0.15, 0.2) is 0 Å². The molecule has 0 aliphatic heterocycles. The lowest BCUT2D eigenvalue weighted by atomic mass is 10.1. The molecular formula is C14H13NO3. The minimum Gasteiger partial charge on any atom is -0.464 e. The molecule has 18 heavy (non-hydrogen) atoms. The number of hydrogen-bond acceptors (Lipinski definition) is 4. The van der Waals surface area contributed by atoms with Crippen LogP contribution in [0.2, 0.25) is 0 Å². The molecule has 1 aromatic carbocycles. The zero-order valence-electron chi connectivity index (χ0n) is 9.91. The molecule has 0 saturated heterocycles. The fourth-order valence-corrected chi connectivity index (χ4v) is 1.63. The molecule has 1 heterocycles. The number of esters is 1. The predicted molar refractivity (Wildman–Crippen MR) is 66.1 cm³/mol. The maximum absolute atomic E-state index is 11.4. The molecule has 4 heteroatoms. The standard InChI is InChI=1S/C14H13NO3/c1-18-14(17)12-9-5-8-11(15-12)13(16)10-6-3-2-4-7-10/h2-9,13,16H,1H3. The van der Waals surface area contributed by atoms with Gasteiger partial charge in [-0.05, 0) is 17.7 Å². The summed E-state index contributed by atoms with van der Waals surface area (Å²) in [6.45, 7) is 0. The second-order valence-electron chi connectivity index (χ2n) is 3.75. The summed E-state index contributed by atoms with van der Waals surface area (Å²) < 4.78 is 4.59. The second-order valence-corrected chi connectivity index (χ2v) is 3.75. The fourth-order valence-electron chi connectivity index (χ4n) is 1.63. The van der Waals surface area contributed by atoms with Gasteiger partial charge in [-0.25, -0.2) is 9.78 Å². The van der Waals surface area contributed by atoms with Crippen molar-refractivity contribution in [1.82, 2.24) is 4.98 Å². The Morgan fingerprint density at radius 1 is 1.17 bits per heavy atom. The van der Waals surface area contributed by atoms with Crippen LogP contribution in [0.1, 0.15) is 27.8 Å². The highest BCUT2D eigenvalue weighted by Gasteiger charge is 2.14. The van der Waals surface area contributed by atoms with Crippen LogP contribution in [0.5, 0.6) is 0 Å². The Labute approximate surface area is 105 Å². The van der Waals surface area contributed by atoms with Crippen molar-refractivity contribution in [3.8, 4) is 0 Å². The van der Waals surface area contributed by atoms with Crippen LogP contribution in [0.4, 0.5) is 0 Å². The zero-order chi connectivity index (χ0) is 13.0. The number of carbonyl (C=O) groups is 1. The summed E-state index contributed by atoms with van der Waals surface area (Å²) >= 11 is 0. The average Bonchev–Trinajstić information content (AvgIpc) is 2.46. The van der Waals surface area contributed by atoms with E-state index >= 15 is 0 Å². The largest absolute Gasteiger partial charge is 0.464 e. The van der Waals surface area contributed by atoms with Crippen molar-refractivity contribution >= 4 is 5.97 Å². The van der Waals surface area contributed by atoms with E-state index in [1.54, 1.807) is 30.3 Å². The van der Waals surface area contributed by atoms with Crippen molar-refractivity contribution in [3.63, 3.8) is 0 Å². The molecule has 0 aliphatic carbocycles. The summed E-state index contributed by atoms with van der Waals surface area (Å²) in [4.78, 5) is 15.5. The molecule has 0 amide bonds. The summed E-state index contributed by atoms with van der Waals surface area (Å²) in [7, 11) is 1.30. The molecule has 0 saturated carbocycles. The van der Waals surface area contributed by atoms with E-state index in [1.165, 1.54) is 7.11 Å². The number of nitrogens with zero attached hydrogens (tertiary/aromatic N) is 1. The van der Waals surface area contributed by atoms with Crippen LogP contribution in [0.25, 0.3) is 0 Å². The number of carbonyl (C=O) groups excluding carboxylic acids is 1. The van der Waals surface area contributed by atoms with Crippen LogP contribution in [-0.4, -0.2) is 23.2 Å². The molecule has 1 atom stereocenters. The lowest BCUT2D eigenvalue weighted by Crippen LogP contribution is -2.09. The van der Waals surface area contributed by atoms with Crippen LogP contribution >= 0.6 is 0 Å². The van der Waals surface area contributed by atoms with E-state index in [1.807, 2.05) is 18.2 Å². The Hall–Kier alpha value is -2.20. The Balaban J connectivity index is 2.31. The molecule has 1 N–H and O–H groups in total. The SMILES string of the molecule is COC(=O)c1cccc(C(O)c2ccccc2)n1. The third-order valence-corrected chi connectivity index (χ3v) is 2.56. The summed E-state index contributed by atoms with van der Waals surface area (Å²) in [5, 5.41) is 10.2. The Morgan fingerprint density at radius 3 is 2.56 bits per heavy atom. The normalized spacial score (nSPS) is 11.9. The Bertz CT molecular complexity index is 540. The summed E-state index contributed by atoms with van der Waals surface area (Å²) in [6, 6.07) is 14.0. The minimum absolute atomic E-state index is 0.185. The van der Waals surface area contributed by atoms with Gasteiger partial charge in [-0.15, -0.1) is 0 Å². The van der Waals surface area contributed by atoms with Crippen molar-refractivity contribution < 1.29 is 14.6 Å². The van der Waals surface area contributed by atoms with Gasteiger partial charge in [-0.2, -0.15) is 0 Å². The highest BCUT2D eigenvalue weighted by Crippen LogP contribution is 2.19. The van der Waals surface area contributed by atoms with Crippen molar-refractivity contribution in [2.75, 3.05) is 7.11 Å². The average molecular weight is 243 g/mol. The molecule has 0 fully saturated rings. The first kappa shape index (κ1) is 12.3. The van der Waals surface area contributed by atoms with E-state index in [-0.39, 0.29) is 5.69 Å². The number of pyridine rings is 1. The molecular weight excluding hydrogens is 230 g/mol. The highest BCUT2D eigenvalue weighted by atomic mass is 16.5. The molecule has 2 aromatic rings. The summed E-state index contributed by atoms with van der Waals surface area (Å²) in [5.41, 5.74) is 1.33. The van der Waals surface area contributed by atoms with E-state index in [0.29, 0.717) is 5.69 Å². The van der Waals surface area contributed by atoms with E-state index < -0.39 is 12.1 Å². The molecule has 0 radical (unpaired) electrons. The van der Waals surface area contributed by atoms with Gasteiger partial charge in [0, 0.05) is 0 Å². The van der Waals surface area contributed by atoms with Crippen molar-refractivity contribution in [2.45, 2.75) is 6.10 Å². The van der Waals surface area contributed by atoms with Gasteiger partial charge in [0.25, 0.3) is 0 Å². The van der Waals surface area contributed by atoms with E-state index in [4.69, 9.17) is 0 Å². The summed E-state index contributed by atoms with van der Waals surface area (Å²) in [5.74, 6) is -0.517. The first-order valence-corrected chi connectivity index (χ1v) is 5.50. The second kappa shape index (κ2) is 5.42. The first-order chi connectivity index (χ1) is 8.72. The molecule has 0 aliphatic rings. The number of rotatable bonds is 3. The van der Waals surface area contributed by atoms with Crippen molar-refractivity contribution in [2.24, 2.45) is 0 Å². The molecule has 92 valence electrons. The number of aliphatic hydroxyl groups excluding tert-OH is 1. The van der Waals surface area contributed by atoms with Gasteiger partial charge < -0.3 is 9.84 Å². The maximum Gasteiger partial charge on any atom is 0.356 e. The lowest BCUT2D eigenvalue weighted by molar-refractivity contribution is 0.0593. The highest BCUT2D eigenvalue weighted by molar-refractivity contribution is 5.87. The van der Waals surface area contributed by atoms with Crippen LogP contribution < -0.4 is 0 Å². The predicted octanol–water partition coefficient (Wildman–Crippen LogP) is 1.95. The number of aliphatic hydroxyl groups is 1. The lowest BCUT2D eigenvalue weighted by Gasteiger charge is -2.11. The van der Waals surface area contributed by atoms with Crippen molar-refractivity contribution in [1.29, 1.82) is 0 Å². The van der Waals surface area contributed by atoms with Crippen molar-refractivity contribution in [3.05, 3.63) is 65.5 Å². The first-order valence-electron chi connectivity index (χ1n) is 5.50. The van der Waals surface area contributed by atoms with Gasteiger partial charge in [-0.3, -0.25) is 0 Å². The summed E-state index contributed by atoms with van der Waals surface area (Å²) in [6.07, 6.45) is -0.851. The van der Waals surface area contributed by atoms with Gasteiger partial charge >= 0.3 is 5.97 Å². The van der Waals surface area contributed by atoms with Crippen LogP contribution in [0.15, 0.2) is 48.5 Å². The number of ether oxygens (including phenoxy) is 1. The third-order valence-electron chi connectivity index (χ3n) is 2.56. The monoisotopic (exact) mass is 243 g/mol. The topological polar surface area (TPSA) is 59.4 Å². The van der Waals surface area contributed by atoms with Crippen LogP contribution in [0, 0.1) is 0 Å². The van der Waals surface area contributed by atoms with Gasteiger partial charge in [0.1, 0.15) is 11.8 Å². The number of aromatic nitrogens is 1. The molecule has 4 nitrogen and oxygen atoms in total. The Kier molecular flexibility index (Phi) is 3.69. The van der Waals surface area contributed by atoms with E-state index in [0.717, 1.165) is 5.56 Å². The Morgan fingerprint density at radius 2 is 1.89 bits per heavy atom. The fraction of sp³-hybridized carbons (Fsp3) is 0.143. The van der Waals surface area contributed by atoms with Gasteiger partial charge in [0.05, 0.1) is 12.8 Å². The molecule has 0 spiro atoms. The smallest absolute Gasteiger partial charge is 0.356 e. The maximum atomic E-state index is 11.4. The third kappa shape index (κ3) is 2.55. The number of hydrogen-bond donors (Lipinski definition) is 1. The minimum atomic E-state index is -0.851. The van der Waals surface area contributed by atoms with Gasteiger partial charge in [-0.1, -0.05) is 36.4 Å². The van der Waals surface area contributed by atoms with E-state index in [2.05, 4.69) is 9.72 Å². The number of methoxy groups -OCH3 is 1. The van der Waals surface area contributed by atoms with Crippen LogP contribution in [0.3, 0.4) is 0 Å². The quantitative estimate of drug-likeness (QED) is 0.837.